The summed E-state index contributed by atoms with van der Waals surface area (Å²) in [5, 5.41) is 22.1. The maximum atomic E-state index is 13.6. The molecular weight excluding hydrogens is 330 g/mol. The first kappa shape index (κ1) is 15.1. The molecule has 1 aliphatic heterocycles. The second-order valence-electron chi connectivity index (χ2n) is 6.83. The van der Waals surface area contributed by atoms with Crippen molar-refractivity contribution < 1.29 is 9.90 Å². The zero-order valence-electron chi connectivity index (χ0n) is 14.0. The third kappa shape index (κ3) is 1.94. The van der Waals surface area contributed by atoms with E-state index in [2.05, 4.69) is 15.5 Å². The van der Waals surface area contributed by atoms with Crippen LogP contribution in [0, 0.1) is 0 Å². The highest BCUT2D eigenvalue weighted by atomic mass is 16.3. The molecule has 0 bridgehead atoms. The topological polar surface area (TPSA) is 84.1 Å². The van der Waals surface area contributed by atoms with Crippen LogP contribution in [0.4, 0.5) is 5.69 Å². The molecule has 1 amide bonds. The number of aromatic hydroxyl groups is 1. The molecule has 1 fully saturated rings. The number of nitrogens with zero attached hydrogens (tertiary/aromatic N) is 5. The highest BCUT2D eigenvalue weighted by Gasteiger charge is 2.51. The summed E-state index contributed by atoms with van der Waals surface area (Å²) in [6.07, 6.45) is 3.61. The summed E-state index contributed by atoms with van der Waals surface area (Å²) in [5.74, 6) is 0.781. The quantitative estimate of drug-likeness (QED) is 0.732. The van der Waals surface area contributed by atoms with E-state index in [9.17, 15) is 9.90 Å². The Hall–Kier alpha value is -3.22. The number of anilines is 1. The number of phenolic OH excluding ortho intramolecular Hbond substituents is 1. The summed E-state index contributed by atoms with van der Waals surface area (Å²) in [6, 6.07) is 14.2. The molecule has 0 radical (unpaired) electrons. The van der Waals surface area contributed by atoms with E-state index in [1.165, 1.54) is 0 Å². The number of benzene rings is 2. The van der Waals surface area contributed by atoms with Crippen LogP contribution in [-0.2, 0) is 5.54 Å². The second-order valence-corrected chi connectivity index (χ2v) is 6.83. The lowest BCUT2D eigenvalue weighted by Gasteiger charge is -2.38. The SMILES string of the molecule is O=C1c2ccccc2-n2nnnc2C2(CCCC2)N1c1ccc(O)cc1. The van der Waals surface area contributed by atoms with Gasteiger partial charge in [0.15, 0.2) is 5.82 Å². The van der Waals surface area contributed by atoms with Gasteiger partial charge in [-0.2, -0.15) is 4.68 Å². The van der Waals surface area contributed by atoms with Crippen molar-refractivity contribution in [2.24, 2.45) is 0 Å². The minimum Gasteiger partial charge on any atom is -0.508 e. The van der Waals surface area contributed by atoms with Crippen LogP contribution in [0.3, 0.4) is 0 Å². The lowest BCUT2D eigenvalue weighted by atomic mass is 9.92. The molecule has 1 spiro atoms. The summed E-state index contributed by atoms with van der Waals surface area (Å²) in [7, 11) is 0. The van der Waals surface area contributed by atoms with E-state index in [0.29, 0.717) is 17.1 Å². The lowest BCUT2D eigenvalue weighted by Crippen LogP contribution is -2.48. The molecule has 130 valence electrons. The molecule has 2 aliphatic rings. The van der Waals surface area contributed by atoms with Gasteiger partial charge < -0.3 is 5.11 Å². The van der Waals surface area contributed by atoms with Crippen molar-refractivity contribution >= 4 is 11.6 Å². The molecule has 7 heteroatoms. The number of carbonyl (C=O) groups is 1. The Labute approximate surface area is 149 Å². The van der Waals surface area contributed by atoms with Crippen molar-refractivity contribution in [3.05, 3.63) is 59.9 Å². The number of fused-ring (bicyclic) bond motifs is 4. The Kier molecular flexibility index (Phi) is 3.12. The maximum absolute atomic E-state index is 13.6. The van der Waals surface area contributed by atoms with E-state index >= 15 is 0 Å². The number of aromatic nitrogens is 4. The molecule has 1 aliphatic carbocycles. The predicted molar refractivity (Wildman–Crippen MR) is 94.2 cm³/mol. The summed E-state index contributed by atoms with van der Waals surface area (Å²) in [6.45, 7) is 0. The number of phenols is 1. The Morgan fingerprint density at radius 3 is 2.50 bits per heavy atom. The van der Waals surface area contributed by atoms with Crippen molar-refractivity contribution in [3.8, 4) is 11.4 Å². The molecule has 5 rings (SSSR count). The summed E-state index contributed by atoms with van der Waals surface area (Å²) < 4.78 is 1.71. The van der Waals surface area contributed by atoms with Crippen LogP contribution >= 0.6 is 0 Å². The van der Waals surface area contributed by atoms with E-state index in [1.807, 2.05) is 29.2 Å². The summed E-state index contributed by atoms with van der Waals surface area (Å²) >= 11 is 0. The van der Waals surface area contributed by atoms with Gasteiger partial charge in [-0.25, -0.2) is 0 Å². The van der Waals surface area contributed by atoms with Gasteiger partial charge in [0.1, 0.15) is 11.3 Å². The number of carbonyl (C=O) groups excluding carboxylic acids is 1. The van der Waals surface area contributed by atoms with Crippen LogP contribution in [0.5, 0.6) is 5.75 Å². The third-order valence-electron chi connectivity index (χ3n) is 5.42. The molecule has 0 unspecified atom stereocenters. The van der Waals surface area contributed by atoms with Crippen molar-refractivity contribution in [1.82, 2.24) is 20.2 Å². The zero-order chi connectivity index (χ0) is 17.7. The van der Waals surface area contributed by atoms with Gasteiger partial charge in [-0.3, -0.25) is 9.69 Å². The maximum Gasteiger partial charge on any atom is 0.261 e. The first-order chi connectivity index (χ1) is 12.7. The average molecular weight is 347 g/mol. The Morgan fingerprint density at radius 2 is 1.73 bits per heavy atom. The summed E-state index contributed by atoms with van der Waals surface area (Å²) in [5.41, 5.74) is 1.42. The molecule has 1 aromatic heterocycles. The fraction of sp³-hybridized carbons (Fsp3) is 0.263. The molecule has 1 saturated carbocycles. The normalized spacial score (nSPS) is 17.8. The number of hydrogen-bond donors (Lipinski definition) is 1. The Balaban J connectivity index is 1.82. The highest BCUT2D eigenvalue weighted by Crippen LogP contribution is 2.48. The van der Waals surface area contributed by atoms with Gasteiger partial charge in [-0.15, -0.1) is 5.10 Å². The molecule has 0 saturated heterocycles. The number of amides is 1. The Bertz CT molecular complexity index is 989. The minimum atomic E-state index is -0.587. The second kappa shape index (κ2) is 5.39. The van der Waals surface area contributed by atoms with Gasteiger partial charge in [-0.05, 0) is 59.7 Å². The smallest absolute Gasteiger partial charge is 0.261 e. The molecule has 0 atom stereocenters. The molecule has 1 N–H and O–H groups in total. The fourth-order valence-electron chi connectivity index (χ4n) is 4.27. The van der Waals surface area contributed by atoms with E-state index in [-0.39, 0.29) is 11.7 Å². The van der Waals surface area contributed by atoms with Crippen LogP contribution in [0.25, 0.3) is 5.69 Å². The van der Waals surface area contributed by atoms with Crippen LogP contribution in [0.15, 0.2) is 48.5 Å². The highest BCUT2D eigenvalue weighted by molar-refractivity contribution is 6.10. The fourth-order valence-corrected chi connectivity index (χ4v) is 4.27. The van der Waals surface area contributed by atoms with Gasteiger partial charge in [-0.1, -0.05) is 25.0 Å². The van der Waals surface area contributed by atoms with E-state index in [1.54, 1.807) is 28.9 Å². The van der Waals surface area contributed by atoms with Gasteiger partial charge in [0.25, 0.3) is 5.91 Å². The minimum absolute atomic E-state index is 0.0829. The molecular formula is C19H17N5O2. The number of hydrogen-bond acceptors (Lipinski definition) is 5. The van der Waals surface area contributed by atoms with Crippen LogP contribution in [0.1, 0.15) is 41.9 Å². The number of tetrazole rings is 1. The molecule has 3 aromatic rings. The van der Waals surface area contributed by atoms with Crippen molar-refractivity contribution in [3.63, 3.8) is 0 Å². The molecule has 2 aromatic carbocycles. The molecule has 7 nitrogen and oxygen atoms in total. The first-order valence-corrected chi connectivity index (χ1v) is 8.73. The van der Waals surface area contributed by atoms with Crippen molar-refractivity contribution in [2.45, 2.75) is 31.2 Å². The van der Waals surface area contributed by atoms with Crippen molar-refractivity contribution in [1.29, 1.82) is 0 Å². The van der Waals surface area contributed by atoms with Crippen molar-refractivity contribution in [2.75, 3.05) is 4.90 Å². The van der Waals surface area contributed by atoms with Crippen LogP contribution in [-0.4, -0.2) is 31.2 Å². The van der Waals surface area contributed by atoms with E-state index in [0.717, 1.165) is 31.4 Å². The van der Waals surface area contributed by atoms with Gasteiger partial charge in [0.05, 0.1) is 11.3 Å². The zero-order valence-corrected chi connectivity index (χ0v) is 14.0. The van der Waals surface area contributed by atoms with Gasteiger partial charge >= 0.3 is 0 Å². The van der Waals surface area contributed by atoms with Crippen LogP contribution in [0.2, 0.25) is 0 Å². The van der Waals surface area contributed by atoms with Gasteiger partial charge in [0.2, 0.25) is 0 Å². The standard InChI is InChI=1S/C19H17N5O2/c25-14-9-7-13(8-10-14)23-17(26)15-5-1-2-6-16(15)24-18(20-21-22-24)19(23)11-3-4-12-19/h1-2,5-10,25H,3-4,11-12H2. The third-order valence-corrected chi connectivity index (χ3v) is 5.42. The lowest BCUT2D eigenvalue weighted by molar-refractivity contribution is 0.0954. The van der Waals surface area contributed by atoms with Crippen LogP contribution < -0.4 is 4.90 Å². The first-order valence-electron chi connectivity index (χ1n) is 8.73. The summed E-state index contributed by atoms with van der Waals surface area (Å²) in [4.78, 5) is 15.5. The van der Waals surface area contributed by atoms with E-state index < -0.39 is 5.54 Å². The average Bonchev–Trinajstić information content (AvgIpc) is 3.32. The largest absolute Gasteiger partial charge is 0.508 e. The van der Waals surface area contributed by atoms with E-state index in [4.69, 9.17) is 0 Å². The monoisotopic (exact) mass is 347 g/mol. The molecule has 2 heterocycles. The number of rotatable bonds is 1. The Morgan fingerprint density at radius 1 is 1.00 bits per heavy atom. The number of para-hydroxylation sites is 1. The predicted octanol–water partition coefficient (Wildman–Crippen LogP) is 2.80. The molecule has 26 heavy (non-hydrogen) atoms. The van der Waals surface area contributed by atoms with Gasteiger partial charge in [0, 0.05) is 5.69 Å².